The van der Waals surface area contributed by atoms with Gasteiger partial charge in [0.25, 0.3) is 0 Å². The van der Waals surface area contributed by atoms with Crippen LogP contribution in [0.4, 0.5) is 34.5 Å². The van der Waals surface area contributed by atoms with Gasteiger partial charge < -0.3 is 35.1 Å². The molecule has 0 aliphatic heterocycles. The first-order valence-corrected chi connectivity index (χ1v) is 16.2. The first-order valence-electron chi connectivity index (χ1n) is 13.6. The SMILES string of the molecule is C=CC(=O)Nc1cc(Nc2ncc(C#N)c(Nc3ccc4nccnc4c3P(C)(C)=O)n2)c(OC)cc1N(C)CCN(C)C. The minimum Gasteiger partial charge on any atom is -0.494 e. The molecular weight excluding hydrogens is 579 g/mol. The predicted octanol–water partition coefficient (Wildman–Crippen LogP) is 4.16. The molecule has 0 unspecified atom stereocenters. The highest BCUT2D eigenvalue weighted by molar-refractivity contribution is 7.71. The zero-order chi connectivity index (χ0) is 32.0. The quantitative estimate of drug-likeness (QED) is 0.155. The summed E-state index contributed by atoms with van der Waals surface area (Å²) in [5.41, 5.74) is 3.51. The standard InChI is InChI=1S/C30H35N10O3P/c1-8-26(41)35-22-15-23(25(43-5)16-24(22)40(4)14-13-39(2)3)37-30-34-18-19(17-31)29(38-30)36-21-10-9-20-27(33-12-11-32-20)28(21)44(6,7)42/h8-12,15-16,18H,1,13-14H2,2-7H3,(H,35,41)(H2,34,36,37,38). The molecule has 14 heteroatoms. The van der Waals surface area contributed by atoms with E-state index in [4.69, 9.17) is 4.74 Å². The Kier molecular flexibility index (Phi) is 9.78. The van der Waals surface area contributed by atoms with Crippen molar-refractivity contribution < 1.29 is 14.1 Å². The maximum Gasteiger partial charge on any atom is 0.247 e. The molecule has 0 atom stereocenters. The zero-order valence-electron chi connectivity index (χ0n) is 25.5. The van der Waals surface area contributed by atoms with Gasteiger partial charge in [0.15, 0.2) is 5.82 Å². The molecule has 4 rings (SSSR count). The van der Waals surface area contributed by atoms with Crippen molar-refractivity contribution in [3.63, 3.8) is 0 Å². The molecule has 0 aliphatic carbocycles. The molecule has 2 heterocycles. The molecule has 2 aromatic carbocycles. The van der Waals surface area contributed by atoms with Gasteiger partial charge >= 0.3 is 0 Å². The highest BCUT2D eigenvalue weighted by Crippen LogP contribution is 2.41. The Bertz CT molecular complexity index is 1800. The number of hydrogen-bond donors (Lipinski definition) is 3. The molecule has 0 saturated heterocycles. The summed E-state index contributed by atoms with van der Waals surface area (Å²) >= 11 is 0. The van der Waals surface area contributed by atoms with Gasteiger partial charge in [0.2, 0.25) is 11.9 Å². The van der Waals surface area contributed by atoms with E-state index < -0.39 is 7.14 Å². The highest BCUT2D eigenvalue weighted by Gasteiger charge is 2.23. The van der Waals surface area contributed by atoms with E-state index in [1.54, 1.807) is 43.9 Å². The van der Waals surface area contributed by atoms with Crippen molar-refractivity contribution in [2.75, 3.05) is 75.5 Å². The summed E-state index contributed by atoms with van der Waals surface area (Å²) in [4.78, 5) is 34.0. The summed E-state index contributed by atoms with van der Waals surface area (Å²) in [6.07, 6.45) is 5.69. The van der Waals surface area contributed by atoms with E-state index in [1.165, 1.54) is 19.4 Å². The number of likely N-dealkylation sites (N-methyl/N-ethyl adjacent to an activating group) is 2. The van der Waals surface area contributed by atoms with Crippen molar-refractivity contribution in [3.8, 4) is 11.8 Å². The second-order valence-corrected chi connectivity index (χ2v) is 13.7. The molecule has 1 amide bonds. The Balaban J connectivity index is 1.75. The van der Waals surface area contributed by atoms with Gasteiger partial charge in [-0.15, -0.1) is 0 Å². The number of benzene rings is 2. The van der Waals surface area contributed by atoms with E-state index in [0.717, 1.165) is 12.2 Å². The van der Waals surface area contributed by atoms with Gasteiger partial charge in [0.1, 0.15) is 30.0 Å². The molecule has 4 aromatic rings. The summed E-state index contributed by atoms with van der Waals surface area (Å²) in [6.45, 7) is 8.34. The molecule has 0 bridgehead atoms. The second kappa shape index (κ2) is 13.5. The van der Waals surface area contributed by atoms with Gasteiger partial charge in [-0.05, 0) is 51.7 Å². The molecule has 13 nitrogen and oxygen atoms in total. The number of hydrogen-bond acceptors (Lipinski definition) is 12. The molecule has 0 radical (unpaired) electrons. The zero-order valence-corrected chi connectivity index (χ0v) is 26.4. The van der Waals surface area contributed by atoms with Crippen LogP contribution in [-0.4, -0.2) is 85.4 Å². The molecule has 0 fully saturated rings. The first kappa shape index (κ1) is 31.9. The van der Waals surface area contributed by atoms with Crippen molar-refractivity contribution in [2.45, 2.75) is 0 Å². The number of methoxy groups -OCH3 is 1. The number of amides is 1. The summed E-state index contributed by atoms with van der Waals surface area (Å²) in [7, 11) is 4.58. The maximum absolute atomic E-state index is 13.4. The number of carbonyl (C=O) groups excluding carboxylic acids is 1. The van der Waals surface area contributed by atoms with Gasteiger partial charge in [-0.2, -0.15) is 10.2 Å². The smallest absolute Gasteiger partial charge is 0.247 e. The van der Waals surface area contributed by atoms with Crippen LogP contribution in [0.15, 0.2) is 55.5 Å². The molecule has 0 aliphatic rings. The summed E-state index contributed by atoms with van der Waals surface area (Å²) < 4.78 is 19.1. The van der Waals surface area contributed by atoms with Crippen LogP contribution in [0.2, 0.25) is 0 Å². The number of carbonyl (C=O) groups is 1. The van der Waals surface area contributed by atoms with Crippen molar-refractivity contribution in [1.29, 1.82) is 5.26 Å². The van der Waals surface area contributed by atoms with Gasteiger partial charge in [-0.25, -0.2) is 4.98 Å². The third-order valence-corrected chi connectivity index (χ3v) is 8.15. The Labute approximate surface area is 256 Å². The fourth-order valence-corrected chi connectivity index (χ4v) is 5.83. The van der Waals surface area contributed by atoms with Crippen molar-refractivity contribution in [2.24, 2.45) is 0 Å². The van der Waals surface area contributed by atoms with E-state index in [0.29, 0.717) is 45.7 Å². The molecule has 0 saturated carbocycles. The summed E-state index contributed by atoms with van der Waals surface area (Å²) in [5.74, 6) is 0.452. The Morgan fingerprint density at radius 2 is 1.82 bits per heavy atom. The summed E-state index contributed by atoms with van der Waals surface area (Å²) in [6, 6.07) is 9.13. The second-order valence-electron chi connectivity index (χ2n) is 10.5. The molecule has 228 valence electrons. The van der Waals surface area contributed by atoms with Crippen LogP contribution in [0.3, 0.4) is 0 Å². The van der Waals surface area contributed by atoms with Crippen molar-refractivity contribution in [1.82, 2.24) is 24.8 Å². The van der Waals surface area contributed by atoms with E-state index in [2.05, 4.69) is 53.4 Å². The number of rotatable bonds is 12. The van der Waals surface area contributed by atoms with Gasteiger partial charge in [-0.1, -0.05) is 6.58 Å². The molecular formula is C30H35N10O3P. The Hall–Kier alpha value is -5.05. The number of aromatic nitrogens is 4. The number of ether oxygens (including phenoxy) is 1. The van der Waals surface area contributed by atoms with E-state index in [-0.39, 0.29) is 23.2 Å². The van der Waals surface area contributed by atoms with E-state index >= 15 is 0 Å². The van der Waals surface area contributed by atoms with Crippen LogP contribution >= 0.6 is 7.14 Å². The highest BCUT2D eigenvalue weighted by atomic mass is 31.2. The van der Waals surface area contributed by atoms with E-state index in [1.807, 2.05) is 32.1 Å². The topological polar surface area (TPSA) is 161 Å². The molecule has 44 heavy (non-hydrogen) atoms. The normalized spacial score (nSPS) is 11.1. The number of fused-ring (bicyclic) bond motifs is 1. The van der Waals surface area contributed by atoms with E-state index in [9.17, 15) is 14.6 Å². The predicted molar refractivity (Wildman–Crippen MR) is 176 cm³/mol. The average molecular weight is 615 g/mol. The van der Waals surface area contributed by atoms with Gasteiger partial charge in [-0.3, -0.25) is 14.8 Å². The first-order chi connectivity index (χ1) is 20.9. The number of nitrogens with one attached hydrogen (secondary N) is 3. The lowest BCUT2D eigenvalue weighted by atomic mass is 10.2. The Morgan fingerprint density at radius 1 is 1.07 bits per heavy atom. The van der Waals surface area contributed by atoms with Crippen LogP contribution in [0.1, 0.15) is 5.56 Å². The largest absolute Gasteiger partial charge is 0.494 e. The lowest BCUT2D eigenvalue weighted by Crippen LogP contribution is -2.29. The average Bonchev–Trinajstić information content (AvgIpc) is 2.99. The minimum absolute atomic E-state index is 0.151. The maximum atomic E-state index is 13.4. The summed E-state index contributed by atoms with van der Waals surface area (Å²) in [5, 5.41) is 19.5. The molecule has 2 aromatic heterocycles. The fraction of sp³-hybridized carbons (Fsp3) is 0.267. The Morgan fingerprint density at radius 3 is 2.48 bits per heavy atom. The molecule has 0 spiro atoms. The third-order valence-electron chi connectivity index (χ3n) is 6.62. The number of nitrogens with zero attached hydrogens (tertiary/aromatic N) is 7. The third kappa shape index (κ3) is 7.29. The van der Waals surface area contributed by atoms with Gasteiger partial charge in [0, 0.05) is 38.6 Å². The van der Waals surface area contributed by atoms with Crippen molar-refractivity contribution >= 4 is 63.9 Å². The van der Waals surface area contributed by atoms with Crippen LogP contribution < -0.4 is 30.9 Å². The fourth-order valence-electron chi connectivity index (χ4n) is 4.44. The number of nitriles is 1. The van der Waals surface area contributed by atoms with Crippen LogP contribution in [0.25, 0.3) is 11.0 Å². The van der Waals surface area contributed by atoms with Crippen molar-refractivity contribution in [3.05, 3.63) is 61.1 Å². The van der Waals surface area contributed by atoms with Crippen LogP contribution in [0.5, 0.6) is 5.75 Å². The number of anilines is 6. The monoisotopic (exact) mass is 614 g/mol. The lowest BCUT2D eigenvalue weighted by molar-refractivity contribution is -0.111. The lowest BCUT2D eigenvalue weighted by Gasteiger charge is -2.26. The van der Waals surface area contributed by atoms with Crippen LogP contribution in [-0.2, 0) is 9.36 Å². The van der Waals surface area contributed by atoms with Gasteiger partial charge in [0.05, 0.1) is 46.9 Å². The molecule has 3 N–H and O–H groups in total. The minimum atomic E-state index is -2.85. The van der Waals surface area contributed by atoms with Crippen LogP contribution in [0, 0.1) is 11.3 Å².